The van der Waals surface area contributed by atoms with Crippen molar-refractivity contribution in [3.05, 3.63) is 105 Å². The molecule has 4 aromatic rings. The van der Waals surface area contributed by atoms with Crippen LogP contribution in [0.15, 0.2) is 72.9 Å². The van der Waals surface area contributed by atoms with Gasteiger partial charge >= 0.3 is 5.97 Å². The Bertz CT molecular complexity index is 1290. The fourth-order valence-corrected chi connectivity index (χ4v) is 3.65. The Labute approximate surface area is 195 Å². The van der Waals surface area contributed by atoms with E-state index in [0.29, 0.717) is 15.8 Å². The highest BCUT2D eigenvalue weighted by atomic mass is 35.5. The topological polar surface area (TPSA) is 44.1 Å². The van der Waals surface area contributed by atoms with Gasteiger partial charge in [-0.1, -0.05) is 29.3 Å². The maximum Gasteiger partial charge on any atom is 0.343 e. The molecule has 0 aliphatic rings. The van der Waals surface area contributed by atoms with Crippen LogP contribution in [0.25, 0.3) is 11.3 Å². The Morgan fingerprint density at radius 3 is 2.47 bits per heavy atom. The first-order valence-electron chi connectivity index (χ1n) is 9.90. The summed E-state index contributed by atoms with van der Waals surface area (Å²) in [5.41, 5.74) is 3.71. The lowest BCUT2D eigenvalue weighted by Gasteiger charge is -2.13. The van der Waals surface area contributed by atoms with E-state index < -0.39 is 11.8 Å². The highest BCUT2D eigenvalue weighted by molar-refractivity contribution is 6.42. The van der Waals surface area contributed by atoms with Gasteiger partial charge in [0.25, 0.3) is 0 Å². The van der Waals surface area contributed by atoms with Crippen LogP contribution in [0.4, 0.5) is 4.39 Å². The number of aromatic nitrogens is 2. The molecule has 4 nitrogen and oxygen atoms in total. The van der Waals surface area contributed by atoms with Crippen molar-refractivity contribution in [1.82, 2.24) is 9.78 Å². The molecule has 0 N–H and O–H groups in total. The Hall–Kier alpha value is -3.15. The zero-order valence-electron chi connectivity index (χ0n) is 17.4. The molecule has 0 radical (unpaired) electrons. The van der Waals surface area contributed by atoms with Gasteiger partial charge in [-0.3, -0.25) is 4.68 Å². The van der Waals surface area contributed by atoms with Crippen molar-refractivity contribution in [3.63, 3.8) is 0 Å². The molecule has 1 heterocycles. The molecule has 1 unspecified atom stereocenters. The van der Waals surface area contributed by atoms with Gasteiger partial charge in [0.05, 0.1) is 27.3 Å². The minimum atomic E-state index is -0.555. The van der Waals surface area contributed by atoms with Gasteiger partial charge in [-0.25, -0.2) is 9.18 Å². The van der Waals surface area contributed by atoms with Crippen molar-refractivity contribution in [1.29, 1.82) is 0 Å². The third-order valence-electron chi connectivity index (χ3n) is 5.07. The minimum Gasteiger partial charge on any atom is -0.423 e. The van der Waals surface area contributed by atoms with Gasteiger partial charge in [-0.15, -0.1) is 0 Å². The van der Waals surface area contributed by atoms with Crippen LogP contribution in [0.1, 0.15) is 34.5 Å². The van der Waals surface area contributed by atoms with Crippen LogP contribution in [0.5, 0.6) is 5.75 Å². The number of carbonyl (C=O) groups excluding carboxylic acids is 1. The van der Waals surface area contributed by atoms with Crippen LogP contribution in [-0.4, -0.2) is 15.7 Å². The number of aryl methyl sites for hydroxylation is 1. The van der Waals surface area contributed by atoms with Gasteiger partial charge in [0, 0.05) is 11.8 Å². The van der Waals surface area contributed by atoms with Crippen molar-refractivity contribution in [2.24, 2.45) is 0 Å². The third-order valence-corrected chi connectivity index (χ3v) is 5.81. The summed E-state index contributed by atoms with van der Waals surface area (Å²) in [4.78, 5) is 12.4. The molecule has 0 aliphatic carbocycles. The molecule has 162 valence electrons. The quantitative estimate of drug-likeness (QED) is 0.231. The normalized spacial score (nSPS) is 11.9. The number of esters is 1. The molecular weight excluding hydrogens is 450 g/mol. The number of benzene rings is 3. The number of ether oxygens (including phenoxy) is 1. The van der Waals surface area contributed by atoms with Gasteiger partial charge in [0.1, 0.15) is 11.6 Å². The summed E-state index contributed by atoms with van der Waals surface area (Å²) in [6.45, 7) is 3.93. The van der Waals surface area contributed by atoms with Gasteiger partial charge in [0.2, 0.25) is 0 Å². The number of nitrogens with zero attached hydrogens (tertiary/aromatic N) is 2. The summed E-state index contributed by atoms with van der Waals surface area (Å²) in [5.74, 6) is -0.577. The van der Waals surface area contributed by atoms with E-state index in [1.807, 2.05) is 49.0 Å². The molecule has 0 bridgehead atoms. The molecular formula is C25H19Cl2FN2O2. The second-order valence-electron chi connectivity index (χ2n) is 7.46. The van der Waals surface area contributed by atoms with E-state index in [0.717, 1.165) is 22.4 Å². The smallest absolute Gasteiger partial charge is 0.343 e. The Morgan fingerprint density at radius 1 is 1.00 bits per heavy atom. The molecule has 1 aromatic heterocycles. The number of rotatable bonds is 5. The maximum absolute atomic E-state index is 13.1. The molecule has 4 rings (SSSR count). The second kappa shape index (κ2) is 9.15. The Kier molecular flexibility index (Phi) is 6.31. The van der Waals surface area contributed by atoms with Gasteiger partial charge in [0.15, 0.2) is 0 Å². The molecule has 0 spiro atoms. The van der Waals surface area contributed by atoms with E-state index in [4.69, 9.17) is 33.0 Å². The van der Waals surface area contributed by atoms with Crippen LogP contribution < -0.4 is 4.74 Å². The van der Waals surface area contributed by atoms with Crippen molar-refractivity contribution < 1.29 is 13.9 Å². The number of hydrogen-bond acceptors (Lipinski definition) is 3. The molecule has 1 atom stereocenters. The predicted molar refractivity (Wildman–Crippen MR) is 124 cm³/mol. The second-order valence-corrected chi connectivity index (χ2v) is 8.28. The highest BCUT2D eigenvalue weighted by Crippen LogP contribution is 2.29. The molecule has 7 heteroatoms. The van der Waals surface area contributed by atoms with Crippen molar-refractivity contribution >= 4 is 29.2 Å². The summed E-state index contributed by atoms with van der Waals surface area (Å²) in [5, 5.41) is 5.70. The van der Waals surface area contributed by atoms with Crippen LogP contribution in [0.3, 0.4) is 0 Å². The molecule has 32 heavy (non-hydrogen) atoms. The first-order valence-corrected chi connectivity index (χ1v) is 10.7. The van der Waals surface area contributed by atoms with Crippen molar-refractivity contribution in [2.75, 3.05) is 0 Å². The van der Waals surface area contributed by atoms with E-state index in [2.05, 4.69) is 0 Å². The lowest BCUT2D eigenvalue weighted by atomic mass is 10.1. The predicted octanol–water partition coefficient (Wildman–Crippen LogP) is 7.13. The third kappa shape index (κ3) is 4.85. The first kappa shape index (κ1) is 22.1. The van der Waals surface area contributed by atoms with Gasteiger partial charge in [-0.05, 0) is 85.6 Å². The monoisotopic (exact) mass is 468 g/mol. The van der Waals surface area contributed by atoms with Crippen molar-refractivity contribution in [2.45, 2.75) is 19.9 Å². The van der Waals surface area contributed by atoms with Crippen LogP contribution in [-0.2, 0) is 0 Å². The SMILES string of the molecule is Cc1cc(OC(=O)c2ccc(F)cc2)cc(-c2ccn(C(C)c3ccc(Cl)c(Cl)c3)n2)c1. The number of carbonyl (C=O) groups is 1. The average Bonchev–Trinajstić information content (AvgIpc) is 3.25. The molecule has 0 aliphatic heterocycles. The van der Waals surface area contributed by atoms with E-state index in [-0.39, 0.29) is 11.6 Å². The van der Waals surface area contributed by atoms with Gasteiger partial charge in [-0.2, -0.15) is 5.10 Å². The van der Waals surface area contributed by atoms with Crippen LogP contribution in [0, 0.1) is 12.7 Å². The minimum absolute atomic E-state index is 0.0564. The standard InChI is InChI=1S/C25H19Cl2FN2O2/c1-15-11-19(13-21(12-15)32-25(31)17-3-6-20(28)7-4-17)24-9-10-30(29-24)16(2)18-5-8-22(26)23(27)14-18/h3-14,16H,1-2H3. The zero-order valence-corrected chi connectivity index (χ0v) is 18.9. The van der Waals surface area contributed by atoms with Gasteiger partial charge < -0.3 is 4.74 Å². The molecule has 0 amide bonds. The summed E-state index contributed by atoms with van der Waals surface area (Å²) < 4.78 is 20.4. The van der Waals surface area contributed by atoms with Crippen LogP contribution >= 0.6 is 23.2 Å². The molecule has 0 saturated heterocycles. The summed E-state index contributed by atoms with van der Waals surface area (Å²) in [7, 11) is 0. The Morgan fingerprint density at radius 2 is 1.75 bits per heavy atom. The zero-order chi connectivity index (χ0) is 22.8. The molecule has 0 fully saturated rings. The summed E-state index contributed by atoms with van der Waals surface area (Å²) in [6, 6.07) is 18.1. The number of hydrogen-bond donors (Lipinski definition) is 0. The lowest BCUT2D eigenvalue weighted by molar-refractivity contribution is 0.0735. The van der Waals surface area contributed by atoms with Crippen LogP contribution in [0.2, 0.25) is 10.0 Å². The number of halogens is 3. The van der Waals surface area contributed by atoms with E-state index in [9.17, 15) is 9.18 Å². The van der Waals surface area contributed by atoms with E-state index >= 15 is 0 Å². The maximum atomic E-state index is 13.1. The summed E-state index contributed by atoms with van der Waals surface area (Å²) >= 11 is 12.2. The van der Waals surface area contributed by atoms with E-state index in [1.165, 1.54) is 24.3 Å². The molecule has 0 saturated carbocycles. The largest absolute Gasteiger partial charge is 0.423 e. The average molecular weight is 469 g/mol. The first-order chi connectivity index (χ1) is 15.3. The lowest BCUT2D eigenvalue weighted by Crippen LogP contribution is -2.09. The fourth-order valence-electron chi connectivity index (χ4n) is 3.34. The fraction of sp³-hybridized carbons (Fsp3) is 0.120. The Balaban J connectivity index is 1.57. The van der Waals surface area contributed by atoms with E-state index in [1.54, 1.807) is 18.2 Å². The highest BCUT2D eigenvalue weighted by Gasteiger charge is 2.14. The van der Waals surface area contributed by atoms with Crippen molar-refractivity contribution in [3.8, 4) is 17.0 Å². The molecule has 3 aromatic carbocycles. The summed E-state index contributed by atoms with van der Waals surface area (Å²) in [6.07, 6.45) is 1.88.